The molecule has 1 amide bonds. The monoisotopic (exact) mass is 264 g/mol. The van der Waals surface area contributed by atoms with E-state index in [-0.39, 0.29) is 12.0 Å². The van der Waals surface area contributed by atoms with Crippen LogP contribution in [0.3, 0.4) is 0 Å². The molecule has 4 nitrogen and oxygen atoms in total. The molecule has 0 saturated carbocycles. The van der Waals surface area contributed by atoms with E-state index in [1.165, 1.54) is 0 Å². The third kappa shape index (κ3) is 2.08. The first-order chi connectivity index (χ1) is 8.63. The summed E-state index contributed by atoms with van der Waals surface area (Å²) in [5.74, 6) is 0.0455. The Morgan fingerprint density at radius 3 is 3.06 bits per heavy atom. The number of carbonyl (C=O) groups is 1. The largest absolute Gasteiger partial charge is 0.398 e. The Morgan fingerprint density at radius 1 is 1.50 bits per heavy atom. The number of nitrogens with two attached hydrogens (primary N) is 1. The van der Waals surface area contributed by atoms with E-state index < -0.39 is 0 Å². The van der Waals surface area contributed by atoms with Gasteiger partial charge in [0.05, 0.1) is 12.5 Å². The van der Waals surface area contributed by atoms with Crippen molar-refractivity contribution in [1.29, 1.82) is 0 Å². The van der Waals surface area contributed by atoms with E-state index >= 15 is 0 Å². The van der Waals surface area contributed by atoms with Gasteiger partial charge in [0, 0.05) is 28.1 Å². The van der Waals surface area contributed by atoms with E-state index in [0.717, 1.165) is 34.9 Å². The SMILES string of the molecule is CC1OCCC1Sc1cc2c(cc1N)CC(=O)N2. The lowest BCUT2D eigenvalue weighted by Gasteiger charge is -2.15. The predicted molar refractivity (Wildman–Crippen MR) is 72.9 cm³/mol. The number of amides is 1. The molecule has 0 aliphatic carbocycles. The molecule has 3 N–H and O–H groups in total. The van der Waals surface area contributed by atoms with Gasteiger partial charge in [0.25, 0.3) is 0 Å². The Hall–Kier alpha value is -1.20. The summed E-state index contributed by atoms with van der Waals surface area (Å²) in [7, 11) is 0. The first kappa shape index (κ1) is 11.9. The highest BCUT2D eigenvalue weighted by atomic mass is 32.2. The zero-order valence-electron chi connectivity index (χ0n) is 10.2. The maximum Gasteiger partial charge on any atom is 0.228 e. The molecule has 2 atom stereocenters. The molecule has 1 aromatic carbocycles. The Bertz CT molecular complexity index is 504. The fraction of sp³-hybridized carbons (Fsp3) is 0.462. The minimum Gasteiger partial charge on any atom is -0.398 e. The number of benzene rings is 1. The smallest absolute Gasteiger partial charge is 0.228 e. The van der Waals surface area contributed by atoms with Crippen LogP contribution in [0.4, 0.5) is 11.4 Å². The summed E-state index contributed by atoms with van der Waals surface area (Å²) in [6.45, 7) is 2.91. The van der Waals surface area contributed by atoms with Gasteiger partial charge in [-0.05, 0) is 31.0 Å². The number of rotatable bonds is 2. The van der Waals surface area contributed by atoms with Crippen molar-refractivity contribution in [3.63, 3.8) is 0 Å². The van der Waals surface area contributed by atoms with Gasteiger partial charge in [0.2, 0.25) is 5.91 Å². The zero-order valence-corrected chi connectivity index (χ0v) is 11.0. The normalized spacial score (nSPS) is 26.2. The average molecular weight is 264 g/mol. The number of hydrogen-bond donors (Lipinski definition) is 2. The third-order valence-corrected chi connectivity index (χ3v) is 4.97. The highest BCUT2D eigenvalue weighted by molar-refractivity contribution is 8.00. The standard InChI is InChI=1S/C13H16N2O2S/c1-7-11(2-3-17-7)18-12-6-10-8(4-9(12)14)5-13(16)15-10/h4,6-7,11H,2-3,5,14H2,1H3,(H,15,16). The number of nitrogens with one attached hydrogen (secondary N) is 1. The minimum atomic E-state index is 0.0455. The molecule has 0 bridgehead atoms. The first-order valence-corrected chi connectivity index (χ1v) is 7.02. The summed E-state index contributed by atoms with van der Waals surface area (Å²) in [5.41, 5.74) is 8.72. The van der Waals surface area contributed by atoms with Crippen LogP contribution >= 0.6 is 11.8 Å². The van der Waals surface area contributed by atoms with Crippen LogP contribution in [-0.2, 0) is 16.0 Å². The van der Waals surface area contributed by atoms with E-state index in [1.807, 2.05) is 12.1 Å². The van der Waals surface area contributed by atoms with Crippen LogP contribution in [0, 0.1) is 0 Å². The summed E-state index contributed by atoms with van der Waals surface area (Å²) in [5, 5.41) is 3.31. The van der Waals surface area contributed by atoms with E-state index in [2.05, 4.69) is 12.2 Å². The lowest BCUT2D eigenvalue weighted by molar-refractivity contribution is -0.115. The molecule has 3 rings (SSSR count). The average Bonchev–Trinajstić information content (AvgIpc) is 2.85. The fourth-order valence-electron chi connectivity index (χ4n) is 2.41. The van der Waals surface area contributed by atoms with Crippen molar-refractivity contribution < 1.29 is 9.53 Å². The summed E-state index contributed by atoms with van der Waals surface area (Å²) in [6.07, 6.45) is 1.75. The van der Waals surface area contributed by atoms with Crippen molar-refractivity contribution in [2.75, 3.05) is 17.7 Å². The molecule has 1 saturated heterocycles. The second-order valence-electron chi connectivity index (χ2n) is 4.79. The van der Waals surface area contributed by atoms with Crippen LogP contribution in [0.15, 0.2) is 17.0 Å². The Kier molecular flexibility index (Phi) is 2.95. The molecule has 0 radical (unpaired) electrons. The van der Waals surface area contributed by atoms with Gasteiger partial charge in [-0.25, -0.2) is 0 Å². The lowest BCUT2D eigenvalue weighted by Crippen LogP contribution is -2.13. The second kappa shape index (κ2) is 4.48. The maximum absolute atomic E-state index is 11.3. The molecule has 2 heterocycles. The van der Waals surface area contributed by atoms with Gasteiger partial charge in [-0.1, -0.05) is 0 Å². The number of ether oxygens (including phenoxy) is 1. The van der Waals surface area contributed by atoms with Gasteiger partial charge in [-0.2, -0.15) is 0 Å². The van der Waals surface area contributed by atoms with Crippen LogP contribution in [0.25, 0.3) is 0 Å². The molecule has 0 spiro atoms. The molecule has 2 unspecified atom stereocenters. The van der Waals surface area contributed by atoms with Crippen LogP contribution in [-0.4, -0.2) is 23.9 Å². The zero-order chi connectivity index (χ0) is 12.7. The molecular formula is C13H16N2O2S. The van der Waals surface area contributed by atoms with Crippen LogP contribution < -0.4 is 11.1 Å². The van der Waals surface area contributed by atoms with Gasteiger partial charge in [-0.15, -0.1) is 11.8 Å². The van der Waals surface area contributed by atoms with Crippen molar-refractivity contribution in [2.45, 2.75) is 36.0 Å². The van der Waals surface area contributed by atoms with E-state index in [1.54, 1.807) is 11.8 Å². The van der Waals surface area contributed by atoms with Gasteiger partial charge >= 0.3 is 0 Å². The number of thioether (sulfide) groups is 1. The quantitative estimate of drug-likeness (QED) is 0.802. The van der Waals surface area contributed by atoms with Crippen molar-refractivity contribution in [2.24, 2.45) is 0 Å². The summed E-state index contributed by atoms with van der Waals surface area (Å²) in [4.78, 5) is 12.4. The van der Waals surface area contributed by atoms with Gasteiger partial charge < -0.3 is 15.8 Å². The molecule has 0 aromatic heterocycles. The van der Waals surface area contributed by atoms with Crippen LogP contribution in [0.5, 0.6) is 0 Å². The molecule has 18 heavy (non-hydrogen) atoms. The number of nitrogen functional groups attached to an aromatic ring is 1. The Morgan fingerprint density at radius 2 is 2.33 bits per heavy atom. The van der Waals surface area contributed by atoms with Gasteiger partial charge in [0.1, 0.15) is 0 Å². The number of hydrogen-bond acceptors (Lipinski definition) is 4. The van der Waals surface area contributed by atoms with E-state index in [4.69, 9.17) is 10.5 Å². The Balaban J connectivity index is 1.84. The van der Waals surface area contributed by atoms with Crippen molar-refractivity contribution in [3.05, 3.63) is 17.7 Å². The maximum atomic E-state index is 11.3. The molecule has 2 aliphatic rings. The highest BCUT2D eigenvalue weighted by Crippen LogP contribution is 2.39. The van der Waals surface area contributed by atoms with Crippen LogP contribution in [0.1, 0.15) is 18.9 Å². The molecule has 96 valence electrons. The number of carbonyl (C=O) groups excluding carboxylic acids is 1. The summed E-state index contributed by atoms with van der Waals surface area (Å²) >= 11 is 1.75. The summed E-state index contributed by atoms with van der Waals surface area (Å²) in [6, 6.07) is 3.90. The number of anilines is 2. The highest BCUT2D eigenvalue weighted by Gasteiger charge is 2.27. The van der Waals surface area contributed by atoms with Gasteiger partial charge in [0.15, 0.2) is 0 Å². The third-order valence-electron chi connectivity index (χ3n) is 3.45. The Labute approximate surface area is 110 Å². The molecule has 1 aromatic rings. The summed E-state index contributed by atoms with van der Waals surface area (Å²) < 4.78 is 5.56. The molecule has 2 aliphatic heterocycles. The van der Waals surface area contributed by atoms with Crippen molar-refractivity contribution >= 4 is 29.0 Å². The molecule has 5 heteroatoms. The van der Waals surface area contributed by atoms with E-state index in [9.17, 15) is 4.79 Å². The predicted octanol–water partition coefficient (Wildman–Crippen LogP) is 2.03. The topological polar surface area (TPSA) is 64.3 Å². The van der Waals surface area contributed by atoms with Crippen LogP contribution in [0.2, 0.25) is 0 Å². The minimum absolute atomic E-state index is 0.0455. The van der Waals surface area contributed by atoms with Crippen molar-refractivity contribution in [1.82, 2.24) is 0 Å². The van der Waals surface area contributed by atoms with Gasteiger partial charge in [-0.3, -0.25) is 4.79 Å². The second-order valence-corrected chi connectivity index (χ2v) is 6.07. The fourth-order valence-corrected chi connectivity index (χ4v) is 3.60. The van der Waals surface area contributed by atoms with E-state index in [0.29, 0.717) is 11.7 Å². The molecular weight excluding hydrogens is 248 g/mol. The number of fused-ring (bicyclic) bond motifs is 1. The van der Waals surface area contributed by atoms with Crippen molar-refractivity contribution in [3.8, 4) is 0 Å². The first-order valence-electron chi connectivity index (χ1n) is 6.14. The lowest BCUT2D eigenvalue weighted by atomic mass is 10.1. The molecule has 1 fully saturated rings.